The van der Waals surface area contributed by atoms with Gasteiger partial charge < -0.3 is 10.4 Å². The van der Waals surface area contributed by atoms with Gasteiger partial charge in [-0.2, -0.15) is 0 Å². The Bertz CT molecular complexity index is 325. The van der Waals surface area contributed by atoms with Crippen LogP contribution in [-0.4, -0.2) is 17.8 Å². The van der Waals surface area contributed by atoms with E-state index in [4.69, 9.17) is 11.6 Å². The van der Waals surface area contributed by atoms with Gasteiger partial charge in [-0.1, -0.05) is 30.2 Å². The predicted octanol–water partition coefficient (Wildman–Crippen LogP) is 2.59. The molecule has 88 valence electrons. The third-order valence-electron chi connectivity index (χ3n) is 3.27. The molecule has 0 saturated heterocycles. The summed E-state index contributed by atoms with van der Waals surface area (Å²) in [4.78, 5) is 0. The number of nitrogens with one attached hydrogen (secondary N) is 1. The summed E-state index contributed by atoms with van der Waals surface area (Å²) < 4.78 is 0. The summed E-state index contributed by atoms with van der Waals surface area (Å²) in [5.41, 5.74) is 1.23. The largest absolute Gasteiger partial charge is 0.393 e. The highest BCUT2D eigenvalue weighted by molar-refractivity contribution is 6.30. The summed E-state index contributed by atoms with van der Waals surface area (Å²) in [6, 6.07) is 7.87. The van der Waals surface area contributed by atoms with Crippen molar-refractivity contribution in [2.24, 2.45) is 5.92 Å². The zero-order chi connectivity index (χ0) is 11.4. The van der Waals surface area contributed by atoms with Crippen LogP contribution in [0.2, 0.25) is 5.02 Å². The van der Waals surface area contributed by atoms with Gasteiger partial charge in [0.1, 0.15) is 0 Å². The third kappa shape index (κ3) is 3.21. The maximum atomic E-state index is 9.67. The quantitative estimate of drug-likeness (QED) is 0.847. The van der Waals surface area contributed by atoms with Crippen LogP contribution >= 0.6 is 11.6 Å². The predicted molar refractivity (Wildman–Crippen MR) is 66.5 cm³/mol. The van der Waals surface area contributed by atoms with E-state index in [9.17, 15) is 5.11 Å². The maximum absolute atomic E-state index is 9.67. The number of aliphatic hydroxyl groups excluding tert-OH is 1. The van der Waals surface area contributed by atoms with Crippen molar-refractivity contribution in [1.82, 2.24) is 5.32 Å². The van der Waals surface area contributed by atoms with Gasteiger partial charge in [0.15, 0.2) is 0 Å². The highest BCUT2D eigenvalue weighted by Gasteiger charge is 2.24. The lowest BCUT2D eigenvalue weighted by Gasteiger charge is -2.15. The van der Waals surface area contributed by atoms with Crippen LogP contribution in [0.4, 0.5) is 0 Å². The SMILES string of the molecule is OC1CCCC1CNCc1ccc(Cl)cc1. The Morgan fingerprint density at radius 1 is 1.25 bits per heavy atom. The summed E-state index contributed by atoms with van der Waals surface area (Å²) in [5.74, 6) is 0.437. The van der Waals surface area contributed by atoms with Gasteiger partial charge in [-0.3, -0.25) is 0 Å². The van der Waals surface area contributed by atoms with Crippen molar-refractivity contribution in [3.63, 3.8) is 0 Å². The van der Waals surface area contributed by atoms with Gasteiger partial charge in [-0.25, -0.2) is 0 Å². The second-order valence-electron chi connectivity index (χ2n) is 4.52. The van der Waals surface area contributed by atoms with E-state index in [1.54, 1.807) is 0 Å². The summed E-state index contributed by atoms with van der Waals surface area (Å²) >= 11 is 5.81. The highest BCUT2D eigenvalue weighted by atomic mass is 35.5. The van der Waals surface area contributed by atoms with Crippen molar-refractivity contribution in [3.05, 3.63) is 34.9 Å². The van der Waals surface area contributed by atoms with Crippen molar-refractivity contribution >= 4 is 11.6 Å². The fourth-order valence-electron chi connectivity index (χ4n) is 2.26. The fourth-order valence-corrected chi connectivity index (χ4v) is 2.39. The molecule has 1 aliphatic rings. The second kappa shape index (κ2) is 5.67. The molecule has 1 aromatic carbocycles. The van der Waals surface area contributed by atoms with E-state index >= 15 is 0 Å². The van der Waals surface area contributed by atoms with E-state index in [1.165, 1.54) is 5.56 Å². The molecule has 3 heteroatoms. The number of benzene rings is 1. The van der Waals surface area contributed by atoms with E-state index in [0.717, 1.165) is 37.4 Å². The molecule has 1 saturated carbocycles. The highest BCUT2D eigenvalue weighted by Crippen LogP contribution is 2.24. The molecule has 0 radical (unpaired) electrons. The number of halogens is 1. The van der Waals surface area contributed by atoms with Crippen molar-refractivity contribution in [2.75, 3.05) is 6.54 Å². The van der Waals surface area contributed by atoms with Gasteiger partial charge in [0.25, 0.3) is 0 Å². The zero-order valence-electron chi connectivity index (χ0n) is 9.32. The van der Waals surface area contributed by atoms with Crippen molar-refractivity contribution in [3.8, 4) is 0 Å². The molecule has 0 bridgehead atoms. The van der Waals surface area contributed by atoms with E-state index in [-0.39, 0.29) is 6.10 Å². The van der Waals surface area contributed by atoms with Crippen LogP contribution < -0.4 is 5.32 Å². The van der Waals surface area contributed by atoms with Gasteiger partial charge in [0.2, 0.25) is 0 Å². The smallest absolute Gasteiger partial charge is 0.0580 e. The zero-order valence-corrected chi connectivity index (χ0v) is 10.1. The van der Waals surface area contributed by atoms with Crippen molar-refractivity contribution in [1.29, 1.82) is 0 Å². The lowest BCUT2D eigenvalue weighted by atomic mass is 10.1. The monoisotopic (exact) mass is 239 g/mol. The molecule has 1 fully saturated rings. The Hall–Kier alpha value is -0.570. The summed E-state index contributed by atoms with van der Waals surface area (Å²) in [5, 5.41) is 13.8. The van der Waals surface area contributed by atoms with Gasteiger partial charge in [-0.15, -0.1) is 0 Å². The molecule has 2 unspecified atom stereocenters. The average molecular weight is 240 g/mol. The molecule has 2 rings (SSSR count). The number of aliphatic hydroxyl groups is 1. The Balaban J connectivity index is 1.73. The molecule has 1 aliphatic carbocycles. The topological polar surface area (TPSA) is 32.3 Å². The first kappa shape index (κ1) is 11.9. The lowest BCUT2D eigenvalue weighted by molar-refractivity contribution is 0.131. The van der Waals surface area contributed by atoms with Gasteiger partial charge in [-0.05, 0) is 36.5 Å². The van der Waals surface area contributed by atoms with E-state index < -0.39 is 0 Å². The Morgan fingerprint density at radius 2 is 2.00 bits per heavy atom. The molecule has 2 atom stereocenters. The van der Waals surface area contributed by atoms with Crippen molar-refractivity contribution < 1.29 is 5.11 Å². The van der Waals surface area contributed by atoms with Crippen LogP contribution in [0, 0.1) is 5.92 Å². The first-order valence-corrected chi connectivity index (χ1v) is 6.27. The fraction of sp³-hybridized carbons (Fsp3) is 0.538. The van der Waals surface area contributed by atoms with Crippen LogP contribution in [0.15, 0.2) is 24.3 Å². The van der Waals surface area contributed by atoms with Crippen molar-refractivity contribution in [2.45, 2.75) is 31.9 Å². The average Bonchev–Trinajstić information content (AvgIpc) is 2.68. The molecule has 0 heterocycles. The molecule has 2 N–H and O–H groups in total. The minimum absolute atomic E-state index is 0.0993. The summed E-state index contributed by atoms with van der Waals surface area (Å²) in [6.45, 7) is 1.75. The van der Waals surface area contributed by atoms with Crippen LogP contribution in [0.3, 0.4) is 0 Å². The number of rotatable bonds is 4. The number of hydrogen-bond donors (Lipinski definition) is 2. The van der Waals surface area contributed by atoms with Crippen LogP contribution in [-0.2, 0) is 6.54 Å². The molecular weight excluding hydrogens is 222 g/mol. The Morgan fingerprint density at radius 3 is 2.62 bits per heavy atom. The summed E-state index contributed by atoms with van der Waals surface area (Å²) in [6.07, 6.45) is 3.18. The van der Waals surface area contributed by atoms with Crippen LogP contribution in [0.1, 0.15) is 24.8 Å². The number of hydrogen-bond acceptors (Lipinski definition) is 2. The molecule has 0 spiro atoms. The summed E-state index contributed by atoms with van der Waals surface area (Å²) in [7, 11) is 0. The van der Waals surface area contributed by atoms with Crippen LogP contribution in [0.25, 0.3) is 0 Å². The normalized spacial score (nSPS) is 24.9. The first-order chi connectivity index (χ1) is 7.75. The standard InChI is InChI=1S/C13H18ClNO/c14-12-6-4-10(5-7-12)8-15-9-11-2-1-3-13(11)16/h4-7,11,13,15-16H,1-3,8-9H2. The molecule has 0 aromatic heterocycles. The van der Waals surface area contributed by atoms with Gasteiger partial charge in [0.05, 0.1) is 6.10 Å². The molecule has 16 heavy (non-hydrogen) atoms. The molecular formula is C13H18ClNO. The van der Waals surface area contributed by atoms with E-state index in [2.05, 4.69) is 5.32 Å². The van der Waals surface area contributed by atoms with Gasteiger partial charge in [0, 0.05) is 18.1 Å². The lowest BCUT2D eigenvalue weighted by Crippen LogP contribution is -2.27. The first-order valence-electron chi connectivity index (χ1n) is 5.89. The Kier molecular flexibility index (Phi) is 4.22. The maximum Gasteiger partial charge on any atom is 0.0580 e. The molecule has 0 amide bonds. The third-order valence-corrected chi connectivity index (χ3v) is 3.52. The van der Waals surface area contributed by atoms with Gasteiger partial charge >= 0.3 is 0 Å². The van der Waals surface area contributed by atoms with Crippen LogP contribution in [0.5, 0.6) is 0 Å². The minimum atomic E-state index is -0.0993. The molecule has 0 aliphatic heterocycles. The minimum Gasteiger partial charge on any atom is -0.393 e. The van der Waals surface area contributed by atoms with E-state index in [0.29, 0.717) is 5.92 Å². The Labute approximate surface area is 102 Å². The van der Waals surface area contributed by atoms with E-state index in [1.807, 2.05) is 24.3 Å². The second-order valence-corrected chi connectivity index (χ2v) is 4.95. The molecule has 1 aromatic rings. The molecule has 2 nitrogen and oxygen atoms in total.